The van der Waals surface area contributed by atoms with Gasteiger partial charge in [-0.2, -0.15) is 0 Å². The van der Waals surface area contributed by atoms with Crippen LogP contribution in [0.2, 0.25) is 0 Å². The van der Waals surface area contributed by atoms with Crippen LogP contribution in [0.1, 0.15) is 37.0 Å². The number of carboxylic acids is 1. The summed E-state index contributed by atoms with van der Waals surface area (Å²) in [6, 6.07) is 7.95. The van der Waals surface area contributed by atoms with E-state index in [1.165, 1.54) is 10.2 Å². The van der Waals surface area contributed by atoms with Gasteiger partial charge in [-0.15, -0.1) is 5.10 Å². The number of benzene rings is 1. The fraction of sp³-hybridized carbons (Fsp3) is 0.357. The van der Waals surface area contributed by atoms with Gasteiger partial charge in [-0.3, -0.25) is 0 Å². The average molecular weight is 259 g/mol. The fourth-order valence-electron chi connectivity index (χ4n) is 1.85. The number of carbonyl (C=O) groups is 1. The standard InChI is InChI=1S/C14H17N3O2/c1-14(2,3)10-7-5-9(6-8-10)12-15-11(13(18)19)16-17(12)4/h5-8H,1-4H3,(H,18,19). The van der Waals surface area contributed by atoms with Gasteiger partial charge in [-0.25, -0.2) is 14.5 Å². The highest BCUT2D eigenvalue weighted by molar-refractivity contribution is 5.83. The van der Waals surface area contributed by atoms with Crippen LogP contribution in [0, 0.1) is 0 Å². The van der Waals surface area contributed by atoms with Gasteiger partial charge in [0.05, 0.1) is 0 Å². The maximum Gasteiger partial charge on any atom is 0.375 e. The van der Waals surface area contributed by atoms with E-state index in [1.807, 2.05) is 24.3 Å². The number of aromatic carboxylic acids is 1. The molecule has 2 rings (SSSR count). The lowest BCUT2D eigenvalue weighted by Crippen LogP contribution is -2.10. The number of aryl methyl sites for hydroxylation is 1. The van der Waals surface area contributed by atoms with Crippen molar-refractivity contribution in [1.82, 2.24) is 14.8 Å². The van der Waals surface area contributed by atoms with Crippen LogP contribution in [0.4, 0.5) is 0 Å². The van der Waals surface area contributed by atoms with Crippen LogP contribution < -0.4 is 0 Å². The Bertz CT molecular complexity index is 607. The Morgan fingerprint density at radius 1 is 1.21 bits per heavy atom. The van der Waals surface area contributed by atoms with Crippen LogP contribution in [0.25, 0.3) is 11.4 Å². The molecule has 1 aromatic carbocycles. The van der Waals surface area contributed by atoms with Gasteiger partial charge in [-0.05, 0) is 11.0 Å². The summed E-state index contributed by atoms with van der Waals surface area (Å²) in [5, 5.41) is 12.7. The Morgan fingerprint density at radius 3 is 2.21 bits per heavy atom. The lowest BCUT2D eigenvalue weighted by Gasteiger charge is -2.18. The molecule has 0 aliphatic carbocycles. The zero-order valence-electron chi connectivity index (χ0n) is 11.5. The number of aromatic nitrogens is 3. The van der Waals surface area contributed by atoms with Gasteiger partial charge in [-0.1, -0.05) is 45.0 Å². The summed E-state index contributed by atoms with van der Waals surface area (Å²) in [4.78, 5) is 14.9. The van der Waals surface area contributed by atoms with Crippen molar-refractivity contribution in [2.75, 3.05) is 0 Å². The third kappa shape index (κ3) is 2.65. The molecule has 5 heteroatoms. The van der Waals surface area contributed by atoms with E-state index in [1.54, 1.807) is 7.05 Å². The minimum atomic E-state index is -1.12. The number of hydrogen-bond acceptors (Lipinski definition) is 3. The Hall–Kier alpha value is -2.17. The second-order valence-corrected chi connectivity index (χ2v) is 5.52. The van der Waals surface area contributed by atoms with Crippen LogP contribution >= 0.6 is 0 Å². The monoisotopic (exact) mass is 259 g/mol. The number of nitrogens with zero attached hydrogens (tertiary/aromatic N) is 3. The summed E-state index contributed by atoms with van der Waals surface area (Å²) in [7, 11) is 1.69. The first-order valence-electron chi connectivity index (χ1n) is 6.04. The molecule has 19 heavy (non-hydrogen) atoms. The van der Waals surface area contributed by atoms with E-state index in [2.05, 4.69) is 30.9 Å². The summed E-state index contributed by atoms with van der Waals surface area (Å²) < 4.78 is 1.48. The lowest BCUT2D eigenvalue weighted by atomic mass is 9.87. The van der Waals surface area contributed by atoms with E-state index < -0.39 is 5.97 Å². The van der Waals surface area contributed by atoms with Crippen LogP contribution in [-0.4, -0.2) is 25.8 Å². The van der Waals surface area contributed by atoms with Crippen LogP contribution in [0.5, 0.6) is 0 Å². The first-order chi connectivity index (χ1) is 8.79. The maximum absolute atomic E-state index is 10.8. The molecule has 0 saturated heterocycles. The van der Waals surface area contributed by atoms with Crippen molar-refractivity contribution in [2.45, 2.75) is 26.2 Å². The number of hydrogen-bond donors (Lipinski definition) is 1. The maximum atomic E-state index is 10.8. The van der Waals surface area contributed by atoms with Gasteiger partial charge in [0.25, 0.3) is 5.82 Å². The predicted octanol–water partition coefficient (Wildman–Crippen LogP) is 2.48. The molecule has 0 aliphatic heterocycles. The molecule has 0 saturated carbocycles. The van der Waals surface area contributed by atoms with Crippen molar-refractivity contribution in [1.29, 1.82) is 0 Å². The molecule has 0 unspecified atom stereocenters. The van der Waals surface area contributed by atoms with Crippen LogP contribution in [0.3, 0.4) is 0 Å². The van der Waals surface area contributed by atoms with E-state index in [-0.39, 0.29) is 11.2 Å². The first-order valence-corrected chi connectivity index (χ1v) is 6.04. The molecule has 0 amide bonds. The zero-order valence-corrected chi connectivity index (χ0v) is 11.5. The fourth-order valence-corrected chi connectivity index (χ4v) is 1.85. The first kappa shape index (κ1) is 13.3. The van der Waals surface area contributed by atoms with E-state index in [4.69, 9.17) is 5.11 Å². The van der Waals surface area contributed by atoms with E-state index in [0.717, 1.165) is 5.56 Å². The van der Waals surface area contributed by atoms with E-state index in [0.29, 0.717) is 5.82 Å². The summed E-state index contributed by atoms with van der Waals surface area (Å²) in [5.41, 5.74) is 2.16. The molecule has 0 radical (unpaired) electrons. The predicted molar refractivity (Wildman–Crippen MR) is 72.1 cm³/mol. The Morgan fingerprint density at radius 2 is 1.79 bits per heavy atom. The Labute approximate surface area is 111 Å². The minimum Gasteiger partial charge on any atom is -0.475 e. The molecule has 0 atom stereocenters. The summed E-state index contributed by atoms with van der Waals surface area (Å²) >= 11 is 0. The minimum absolute atomic E-state index is 0.0879. The molecule has 0 aliphatic rings. The average Bonchev–Trinajstić information content (AvgIpc) is 2.70. The molecule has 0 spiro atoms. The third-order valence-corrected chi connectivity index (χ3v) is 2.96. The zero-order chi connectivity index (χ0) is 14.2. The molecule has 0 fully saturated rings. The smallest absolute Gasteiger partial charge is 0.375 e. The normalized spacial score (nSPS) is 11.6. The van der Waals surface area contributed by atoms with Gasteiger partial charge < -0.3 is 5.11 Å². The molecule has 1 N–H and O–H groups in total. The molecule has 1 heterocycles. The second kappa shape index (κ2) is 4.50. The quantitative estimate of drug-likeness (QED) is 0.899. The highest BCUT2D eigenvalue weighted by Gasteiger charge is 2.16. The molecule has 5 nitrogen and oxygen atoms in total. The molecule has 0 bridgehead atoms. The summed E-state index contributed by atoms with van der Waals surface area (Å²) in [6.45, 7) is 6.44. The van der Waals surface area contributed by atoms with Crippen LogP contribution in [0.15, 0.2) is 24.3 Å². The van der Waals surface area contributed by atoms with E-state index in [9.17, 15) is 4.79 Å². The van der Waals surface area contributed by atoms with Crippen molar-refractivity contribution >= 4 is 5.97 Å². The highest BCUT2D eigenvalue weighted by Crippen LogP contribution is 2.25. The lowest BCUT2D eigenvalue weighted by molar-refractivity contribution is 0.0683. The Balaban J connectivity index is 2.40. The van der Waals surface area contributed by atoms with Gasteiger partial charge in [0, 0.05) is 12.6 Å². The molecule has 2 aromatic rings. The second-order valence-electron chi connectivity index (χ2n) is 5.52. The van der Waals surface area contributed by atoms with Crippen molar-refractivity contribution in [2.24, 2.45) is 7.05 Å². The highest BCUT2D eigenvalue weighted by atomic mass is 16.4. The molecule has 100 valence electrons. The van der Waals surface area contributed by atoms with Crippen molar-refractivity contribution in [3.05, 3.63) is 35.7 Å². The topological polar surface area (TPSA) is 68.0 Å². The van der Waals surface area contributed by atoms with Gasteiger partial charge >= 0.3 is 5.97 Å². The Kier molecular flexibility index (Phi) is 3.14. The SMILES string of the molecule is Cn1nc(C(=O)O)nc1-c1ccc(C(C)(C)C)cc1. The van der Waals surface area contributed by atoms with Gasteiger partial charge in [0.15, 0.2) is 5.82 Å². The summed E-state index contributed by atoms with van der Waals surface area (Å²) in [6.07, 6.45) is 0. The van der Waals surface area contributed by atoms with Crippen molar-refractivity contribution in [3.63, 3.8) is 0 Å². The summed E-state index contributed by atoms with van der Waals surface area (Å²) in [5.74, 6) is -0.747. The largest absolute Gasteiger partial charge is 0.475 e. The van der Waals surface area contributed by atoms with Gasteiger partial charge in [0.1, 0.15) is 0 Å². The molecular weight excluding hydrogens is 242 g/mol. The van der Waals surface area contributed by atoms with Crippen LogP contribution in [-0.2, 0) is 12.5 Å². The van der Waals surface area contributed by atoms with Crippen molar-refractivity contribution in [3.8, 4) is 11.4 Å². The molecular formula is C14H17N3O2. The van der Waals surface area contributed by atoms with Gasteiger partial charge in [0.2, 0.25) is 0 Å². The molecule has 1 aromatic heterocycles. The van der Waals surface area contributed by atoms with Crippen molar-refractivity contribution < 1.29 is 9.90 Å². The number of rotatable bonds is 2. The third-order valence-electron chi connectivity index (χ3n) is 2.96. The van der Waals surface area contributed by atoms with E-state index >= 15 is 0 Å². The number of carboxylic acid groups (broad SMARTS) is 1.